The third-order valence-electron chi connectivity index (χ3n) is 4.27. The molecule has 0 unspecified atom stereocenters. The van der Waals surface area contributed by atoms with Crippen molar-refractivity contribution in [3.63, 3.8) is 0 Å². The predicted octanol–water partition coefficient (Wildman–Crippen LogP) is 4.00. The third-order valence-corrected chi connectivity index (χ3v) is 4.27. The van der Waals surface area contributed by atoms with Gasteiger partial charge in [0.05, 0.1) is 13.2 Å². The fourth-order valence-corrected chi connectivity index (χ4v) is 3.14. The molecule has 1 N–H and O–H groups in total. The minimum atomic E-state index is -0.478. The van der Waals surface area contributed by atoms with Crippen molar-refractivity contribution in [2.45, 2.75) is 19.9 Å². The summed E-state index contributed by atoms with van der Waals surface area (Å²) in [5.41, 5.74) is 1.60. The number of rotatable bonds is 5. The number of hydrogen-bond donors (Lipinski definition) is 1. The average molecular weight is 363 g/mol. The van der Waals surface area contributed by atoms with Gasteiger partial charge in [-0.15, -0.1) is 0 Å². The van der Waals surface area contributed by atoms with Gasteiger partial charge in [-0.25, -0.2) is 0 Å². The number of carbonyl (C=O) groups is 2. The van der Waals surface area contributed by atoms with E-state index in [0.717, 1.165) is 27.6 Å². The molecule has 0 aliphatic heterocycles. The zero-order chi connectivity index (χ0) is 19.4. The highest BCUT2D eigenvalue weighted by Gasteiger charge is 2.23. The second kappa shape index (κ2) is 7.91. The minimum absolute atomic E-state index is 0.183. The highest BCUT2D eigenvalue weighted by molar-refractivity contribution is 5.90. The molecule has 138 valence electrons. The largest absolute Gasteiger partial charge is 0.497 e. The van der Waals surface area contributed by atoms with E-state index in [-0.39, 0.29) is 5.91 Å². The minimum Gasteiger partial charge on any atom is -0.497 e. The predicted molar refractivity (Wildman–Crippen MR) is 104 cm³/mol. The Balaban J connectivity index is 2.24. The molecule has 0 spiro atoms. The molecule has 0 heterocycles. The molecule has 0 aromatic heterocycles. The SMILES string of the molecule is COc1ccc([C@H](NC(C)=O)c2c(OC(C)=O)ccc3ccccc23)cc1. The van der Waals surface area contributed by atoms with E-state index < -0.39 is 12.0 Å². The maximum Gasteiger partial charge on any atom is 0.308 e. The van der Waals surface area contributed by atoms with Gasteiger partial charge in [0, 0.05) is 19.4 Å². The molecule has 0 aliphatic rings. The van der Waals surface area contributed by atoms with Crippen LogP contribution in [0.4, 0.5) is 0 Å². The van der Waals surface area contributed by atoms with E-state index >= 15 is 0 Å². The summed E-state index contributed by atoms with van der Waals surface area (Å²) in [7, 11) is 1.60. The first-order chi connectivity index (χ1) is 13.0. The number of methoxy groups -OCH3 is 1. The normalized spacial score (nSPS) is 11.7. The molecule has 27 heavy (non-hydrogen) atoms. The van der Waals surface area contributed by atoms with Gasteiger partial charge >= 0.3 is 5.97 Å². The molecule has 3 aromatic carbocycles. The van der Waals surface area contributed by atoms with Crippen LogP contribution in [0.15, 0.2) is 60.7 Å². The Labute approximate surface area is 157 Å². The molecule has 5 nitrogen and oxygen atoms in total. The molecule has 0 saturated heterocycles. The van der Waals surface area contributed by atoms with Crippen molar-refractivity contribution >= 4 is 22.6 Å². The van der Waals surface area contributed by atoms with Crippen molar-refractivity contribution in [3.05, 3.63) is 71.8 Å². The van der Waals surface area contributed by atoms with Crippen LogP contribution in [0.1, 0.15) is 31.0 Å². The number of esters is 1. The highest BCUT2D eigenvalue weighted by atomic mass is 16.5. The summed E-state index contributed by atoms with van der Waals surface area (Å²) in [6.45, 7) is 2.83. The second-order valence-corrected chi connectivity index (χ2v) is 6.20. The van der Waals surface area contributed by atoms with E-state index in [1.807, 2.05) is 54.6 Å². The lowest BCUT2D eigenvalue weighted by molar-refractivity contribution is -0.131. The lowest BCUT2D eigenvalue weighted by Crippen LogP contribution is -2.27. The topological polar surface area (TPSA) is 64.6 Å². The summed E-state index contributed by atoms with van der Waals surface area (Å²) in [4.78, 5) is 23.6. The van der Waals surface area contributed by atoms with E-state index in [2.05, 4.69) is 5.32 Å². The number of nitrogens with one attached hydrogen (secondary N) is 1. The van der Waals surface area contributed by atoms with Crippen molar-refractivity contribution in [2.24, 2.45) is 0 Å². The van der Waals surface area contributed by atoms with Crippen LogP contribution in [0.5, 0.6) is 11.5 Å². The molecule has 1 atom stereocenters. The zero-order valence-corrected chi connectivity index (χ0v) is 15.5. The van der Waals surface area contributed by atoms with Gasteiger partial charge in [-0.3, -0.25) is 9.59 Å². The van der Waals surface area contributed by atoms with E-state index in [1.165, 1.54) is 13.8 Å². The van der Waals surface area contributed by atoms with Crippen LogP contribution in [0.3, 0.4) is 0 Å². The maximum absolute atomic E-state index is 11.9. The Bertz CT molecular complexity index is 979. The second-order valence-electron chi connectivity index (χ2n) is 6.20. The maximum atomic E-state index is 11.9. The summed E-state index contributed by atoms with van der Waals surface area (Å²) in [6.07, 6.45) is 0. The van der Waals surface area contributed by atoms with Gasteiger partial charge in [-0.2, -0.15) is 0 Å². The van der Waals surface area contributed by atoms with Crippen LogP contribution >= 0.6 is 0 Å². The lowest BCUT2D eigenvalue weighted by Gasteiger charge is -2.23. The molecule has 3 rings (SSSR count). The Kier molecular flexibility index (Phi) is 5.41. The smallest absolute Gasteiger partial charge is 0.308 e. The molecule has 5 heteroatoms. The van der Waals surface area contributed by atoms with Crippen LogP contribution < -0.4 is 14.8 Å². The summed E-state index contributed by atoms with van der Waals surface area (Å²) in [5, 5.41) is 4.89. The summed E-state index contributed by atoms with van der Waals surface area (Å²) in [5.74, 6) is 0.551. The fraction of sp³-hybridized carbons (Fsp3) is 0.182. The van der Waals surface area contributed by atoms with Crippen molar-refractivity contribution < 1.29 is 19.1 Å². The number of amides is 1. The Morgan fingerprint density at radius 1 is 0.926 bits per heavy atom. The monoisotopic (exact) mass is 363 g/mol. The Morgan fingerprint density at radius 2 is 1.63 bits per heavy atom. The molecule has 0 aliphatic carbocycles. The van der Waals surface area contributed by atoms with Gasteiger partial charge in [0.1, 0.15) is 11.5 Å². The quantitative estimate of drug-likeness (QED) is 0.550. The van der Waals surface area contributed by atoms with Crippen LogP contribution in [-0.4, -0.2) is 19.0 Å². The first-order valence-corrected chi connectivity index (χ1v) is 8.60. The fourth-order valence-electron chi connectivity index (χ4n) is 3.14. The van der Waals surface area contributed by atoms with Gasteiger partial charge in [0.2, 0.25) is 5.91 Å². The van der Waals surface area contributed by atoms with Gasteiger partial charge in [0.25, 0.3) is 0 Å². The molecular weight excluding hydrogens is 342 g/mol. The van der Waals surface area contributed by atoms with E-state index in [4.69, 9.17) is 9.47 Å². The number of hydrogen-bond acceptors (Lipinski definition) is 4. The highest BCUT2D eigenvalue weighted by Crippen LogP contribution is 2.37. The number of fused-ring (bicyclic) bond motifs is 1. The first-order valence-electron chi connectivity index (χ1n) is 8.60. The molecule has 0 saturated carbocycles. The zero-order valence-electron chi connectivity index (χ0n) is 15.5. The molecule has 0 bridgehead atoms. The molecule has 3 aromatic rings. The van der Waals surface area contributed by atoms with Crippen LogP contribution in [0, 0.1) is 0 Å². The third kappa shape index (κ3) is 4.08. The lowest BCUT2D eigenvalue weighted by atomic mass is 9.92. The standard InChI is InChI=1S/C22H21NO4/c1-14(24)23-22(17-8-11-18(26-3)12-9-17)21-19-7-5-4-6-16(19)10-13-20(21)27-15(2)25/h4-13,22H,1-3H3,(H,23,24)/t22-/m0/s1. The van der Waals surface area contributed by atoms with Crippen molar-refractivity contribution in [2.75, 3.05) is 7.11 Å². The van der Waals surface area contributed by atoms with Gasteiger partial charge in [0.15, 0.2) is 0 Å². The van der Waals surface area contributed by atoms with Crippen molar-refractivity contribution in [1.82, 2.24) is 5.32 Å². The molecular formula is C22H21NO4. The number of benzene rings is 3. The van der Waals surface area contributed by atoms with Crippen LogP contribution in [0.25, 0.3) is 10.8 Å². The Hall–Kier alpha value is -3.34. The van der Waals surface area contributed by atoms with Crippen LogP contribution in [0.2, 0.25) is 0 Å². The summed E-state index contributed by atoms with van der Waals surface area (Å²) in [6, 6.07) is 18.4. The van der Waals surface area contributed by atoms with Gasteiger partial charge in [-0.05, 0) is 34.5 Å². The van der Waals surface area contributed by atoms with Gasteiger partial charge in [-0.1, -0.05) is 42.5 Å². The Morgan fingerprint density at radius 3 is 2.26 bits per heavy atom. The number of carbonyl (C=O) groups excluding carboxylic acids is 2. The molecule has 0 fully saturated rings. The summed E-state index contributed by atoms with van der Waals surface area (Å²) >= 11 is 0. The van der Waals surface area contributed by atoms with E-state index in [0.29, 0.717) is 5.75 Å². The van der Waals surface area contributed by atoms with Crippen LogP contribution in [-0.2, 0) is 9.59 Å². The first kappa shape index (κ1) is 18.5. The van der Waals surface area contributed by atoms with E-state index in [9.17, 15) is 9.59 Å². The average Bonchev–Trinajstić information content (AvgIpc) is 2.66. The number of ether oxygens (including phenoxy) is 2. The molecule has 1 amide bonds. The van der Waals surface area contributed by atoms with Gasteiger partial charge < -0.3 is 14.8 Å². The molecule has 0 radical (unpaired) electrons. The summed E-state index contributed by atoms with van der Waals surface area (Å²) < 4.78 is 10.7. The van der Waals surface area contributed by atoms with Crippen molar-refractivity contribution in [1.29, 1.82) is 0 Å². The van der Waals surface area contributed by atoms with Crippen molar-refractivity contribution in [3.8, 4) is 11.5 Å². The van der Waals surface area contributed by atoms with E-state index in [1.54, 1.807) is 13.2 Å².